The number of halogens is 3. The Morgan fingerprint density at radius 3 is 2.45 bits per heavy atom. The molecule has 2 unspecified atom stereocenters. The van der Waals surface area contributed by atoms with Crippen molar-refractivity contribution in [3.05, 3.63) is 64.5 Å². The number of rotatable bonds is 5. The second-order valence-corrected chi connectivity index (χ2v) is 9.78. The Morgan fingerprint density at radius 2 is 1.84 bits per heavy atom. The molecule has 4 rings (SSSR count). The van der Waals surface area contributed by atoms with Crippen LogP contribution in [0.25, 0.3) is 0 Å². The van der Waals surface area contributed by atoms with E-state index in [0.717, 1.165) is 18.4 Å². The number of hydrogen-bond acceptors (Lipinski definition) is 2. The molecule has 2 atom stereocenters. The van der Waals surface area contributed by atoms with E-state index in [1.165, 1.54) is 6.07 Å². The maximum absolute atomic E-state index is 13.6. The Hall–Kier alpha value is -2.55. The Balaban J connectivity index is 1.50. The van der Waals surface area contributed by atoms with Crippen LogP contribution in [0.1, 0.15) is 45.8 Å². The molecule has 0 saturated heterocycles. The molecule has 2 amide bonds. The van der Waals surface area contributed by atoms with Crippen molar-refractivity contribution in [2.24, 2.45) is 5.92 Å². The third-order valence-corrected chi connectivity index (χ3v) is 6.95. The largest absolute Gasteiger partial charge is 0.336 e. The maximum Gasteiger partial charge on any atom is 0.252 e. The zero-order valence-electron chi connectivity index (χ0n) is 17.1. The van der Waals surface area contributed by atoms with Crippen molar-refractivity contribution in [2.75, 3.05) is 5.32 Å². The van der Waals surface area contributed by atoms with Crippen LogP contribution in [0.2, 0.25) is 0 Å². The number of nitrogens with one attached hydrogen (secondary N) is 2. The van der Waals surface area contributed by atoms with Crippen LogP contribution in [0.5, 0.6) is 0 Å². The average molecular weight is 459 g/mol. The quantitative estimate of drug-likeness (QED) is 0.496. The molecule has 2 fully saturated rings. The average Bonchev–Trinajstić information content (AvgIpc) is 3.60. The van der Waals surface area contributed by atoms with Gasteiger partial charge in [-0.2, -0.15) is 0 Å². The summed E-state index contributed by atoms with van der Waals surface area (Å²) in [7, 11) is 0. The lowest BCUT2D eigenvalue weighted by Crippen LogP contribution is -2.36. The molecule has 2 saturated carbocycles. The second-order valence-electron chi connectivity index (χ2n) is 8.34. The number of carbonyl (C=O) groups is 2. The van der Waals surface area contributed by atoms with Crippen molar-refractivity contribution >= 4 is 40.7 Å². The SMILES string of the molecule is C#CC1(NC(=O)c2cc(NC(=O)C3C(c4ccc(F)c(C)c4)C3(Cl)Cl)ccc2C)CC1. The van der Waals surface area contributed by atoms with Gasteiger partial charge in [0.25, 0.3) is 5.91 Å². The highest BCUT2D eigenvalue weighted by molar-refractivity contribution is 6.53. The van der Waals surface area contributed by atoms with Crippen molar-refractivity contribution in [2.45, 2.75) is 42.5 Å². The molecule has 0 spiro atoms. The molecule has 2 aromatic carbocycles. The number of anilines is 1. The number of carbonyl (C=O) groups excluding carboxylic acids is 2. The van der Waals surface area contributed by atoms with Crippen LogP contribution in [-0.2, 0) is 4.79 Å². The van der Waals surface area contributed by atoms with E-state index in [1.54, 1.807) is 37.3 Å². The van der Waals surface area contributed by atoms with E-state index < -0.39 is 21.7 Å². The predicted octanol–water partition coefficient (Wildman–Crippen LogP) is 4.86. The number of benzene rings is 2. The Labute approximate surface area is 190 Å². The Bertz CT molecular complexity index is 1130. The molecular formula is C24H21Cl2FN2O2. The molecule has 160 valence electrons. The number of hydrogen-bond donors (Lipinski definition) is 2. The van der Waals surface area contributed by atoms with Gasteiger partial charge in [0.15, 0.2) is 0 Å². The van der Waals surface area contributed by atoms with Crippen molar-refractivity contribution in [3.63, 3.8) is 0 Å². The van der Waals surface area contributed by atoms with Gasteiger partial charge < -0.3 is 10.6 Å². The lowest BCUT2D eigenvalue weighted by Gasteiger charge is -2.14. The van der Waals surface area contributed by atoms with Crippen molar-refractivity contribution in [1.82, 2.24) is 5.32 Å². The van der Waals surface area contributed by atoms with Gasteiger partial charge in [-0.1, -0.05) is 24.1 Å². The highest BCUT2D eigenvalue weighted by atomic mass is 35.5. The van der Waals surface area contributed by atoms with E-state index in [-0.39, 0.29) is 17.6 Å². The van der Waals surface area contributed by atoms with E-state index in [9.17, 15) is 14.0 Å². The van der Waals surface area contributed by atoms with Gasteiger partial charge in [0.05, 0.1) is 5.92 Å². The molecule has 0 aliphatic heterocycles. The molecule has 0 aromatic heterocycles. The fourth-order valence-electron chi connectivity index (χ4n) is 3.81. The Kier molecular flexibility index (Phi) is 5.28. The first-order valence-electron chi connectivity index (χ1n) is 9.94. The molecule has 2 aromatic rings. The van der Waals surface area contributed by atoms with Gasteiger partial charge in [-0.3, -0.25) is 9.59 Å². The number of aryl methyl sites for hydroxylation is 2. The summed E-state index contributed by atoms with van der Waals surface area (Å²) < 4.78 is 12.3. The minimum atomic E-state index is -1.29. The fraction of sp³-hybridized carbons (Fsp3) is 0.333. The molecule has 2 aliphatic carbocycles. The lowest BCUT2D eigenvalue weighted by atomic mass is 10.0. The van der Waals surface area contributed by atoms with Gasteiger partial charge >= 0.3 is 0 Å². The summed E-state index contributed by atoms with van der Waals surface area (Å²) in [6, 6.07) is 9.66. The van der Waals surface area contributed by atoms with Gasteiger partial charge in [-0.15, -0.1) is 29.6 Å². The van der Waals surface area contributed by atoms with Crippen LogP contribution in [0.15, 0.2) is 36.4 Å². The first-order valence-corrected chi connectivity index (χ1v) is 10.7. The molecule has 0 heterocycles. The summed E-state index contributed by atoms with van der Waals surface area (Å²) >= 11 is 12.8. The van der Waals surface area contributed by atoms with Gasteiger partial charge in [0, 0.05) is 17.2 Å². The first kappa shape index (κ1) is 21.7. The topological polar surface area (TPSA) is 58.2 Å². The predicted molar refractivity (Wildman–Crippen MR) is 120 cm³/mol. The van der Waals surface area contributed by atoms with E-state index in [4.69, 9.17) is 29.6 Å². The molecule has 31 heavy (non-hydrogen) atoms. The van der Waals surface area contributed by atoms with Crippen LogP contribution in [-0.4, -0.2) is 21.7 Å². The summed E-state index contributed by atoms with van der Waals surface area (Å²) in [6.07, 6.45) is 7.01. The summed E-state index contributed by atoms with van der Waals surface area (Å²) in [6.45, 7) is 3.46. The standard InChI is InChI=1S/C24H21Cl2FN2O2/c1-4-23(9-10-23)29-21(30)17-12-16(7-5-13(17)2)28-22(31)20-19(24(20,25)26)15-6-8-18(27)14(3)11-15/h1,5-8,11-12,19-20H,9-10H2,2-3H3,(H,28,31)(H,29,30). The zero-order chi connectivity index (χ0) is 22.6. The van der Waals surface area contributed by atoms with E-state index in [2.05, 4.69) is 16.6 Å². The summed E-state index contributed by atoms with van der Waals surface area (Å²) in [5, 5.41) is 5.68. The highest BCUT2D eigenvalue weighted by Crippen LogP contribution is 2.65. The third-order valence-electron chi connectivity index (χ3n) is 6.01. The molecule has 0 bridgehead atoms. The van der Waals surface area contributed by atoms with Gasteiger partial charge in [0.2, 0.25) is 5.91 Å². The van der Waals surface area contributed by atoms with Crippen LogP contribution >= 0.6 is 23.2 Å². The number of amides is 2. The van der Waals surface area contributed by atoms with Crippen LogP contribution in [0.4, 0.5) is 10.1 Å². The molecule has 2 N–H and O–H groups in total. The van der Waals surface area contributed by atoms with Crippen LogP contribution in [0.3, 0.4) is 0 Å². The lowest BCUT2D eigenvalue weighted by molar-refractivity contribution is -0.117. The normalized spacial score (nSPS) is 22.2. The summed E-state index contributed by atoms with van der Waals surface area (Å²) in [5.41, 5.74) is 2.26. The van der Waals surface area contributed by atoms with Crippen molar-refractivity contribution in [1.29, 1.82) is 0 Å². The fourth-order valence-corrected chi connectivity index (χ4v) is 4.64. The Morgan fingerprint density at radius 1 is 1.13 bits per heavy atom. The van der Waals surface area contributed by atoms with Gasteiger partial charge in [0.1, 0.15) is 15.7 Å². The molecule has 2 aliphatic rings. The third kappa shape index (κ3) is 4.03. The number of terminal acetylenes is 1. The van der Waals surface area contributed by atoms with Gasteiger partial charge in [-0.25, -0.2) is 4.39 Å². The zero-order valence-corrected chi connectivity index (χ0v) is 18.6. The van der Waals surface area contributed by atoms with Gasteiger partial charge in [-0.05, 0) is 61.6 Å². The van der Waals surface area contributed by atoms with Crippen molar-refractivity contribution in [3.8, 4) is 12.3 Å². The monoisotopic (exact) mass is 458 g/mol. The highest BCUT2D eigenvalue weighted by Gasteiger charge is 2.67. The van der Waals surface area contributed by atoms with Crippen LogP contribution in [0, 0.1) is 37.9 Å². The molecular weight excluding hydrogens is 438 g/mol. The molecule has 7 heteroatoms. The maximum atomic E-state index is 13.6. The molecule has 0 radical (unpaired) electrons. The second kappa shape index (κ2) is 7.55. The van der Waals surface area contributed by atoms with E-state index >= 15 is 0 Å². The minimum Gasteiger partial charge on any atom is -0.336 e. The van der Waals surface area contributed by atoms with E-state index in [0.29, 0.717) is 22.4 Å². The van der Waals surface area contributed by atoms with Crippen LogP contribution < -0.4 is 10.6 Å². The summed E-state index contributed by atoms with van der Waals surface area (Å²) in [5.74, 6) is 0.501. The smallest absolute Gasteiger partial charge is 0.252 e. The van der Waals surface area contributed by atoms with Crippen molar-refractivity contribution < 1.29 is 14.0 Å². The molecule has 4 nitrogen and oxygen atoms in total. The van der Waals surface area contributed by atoms with E-state index in [1.807, 2.05) is 6.92 Å². The summed E-state index contributed by atoms with van der Waals surface area (Å²) in [4.78, 5) is 25.6. The number of alkyl halides is 2. The minimum absolute atomic E-state index is 0.279. The first-order chi connectivity index (χ1) is 14.6.